The zero-order chi connectivity index (χ0) is 21.3. The van der Waals surface area contributed by atoms with E-state index in [0.717, 1.165) is 23.2 Å². The van der Waals surface area contributed by atoms with Crippen LogP contribution in [0.5, 0.6) is 0 Å². The number of nitrogens with zero attached hydrogens (tertiary/aromatic N) is 1. The Kier molecular flexibility index (Phi) is 5.33. The Morgan fingerprint density at radius 3 is 2.60 bits per heavy atom. The fourth-order valence-electron chi connectivity index (χ4n) is 3.60. The van der Waals surface area contributed by atoms with Crippen LogP contribution in [0.1, 0.15) is 21.5 Å². The van der Waals surface area contributed by atoms with Crippen molar-refractivity contribution in [1.82, 2.24) is 10.2 Å². The molecule has 0 atom stereocenters. The second-order valence-corrected chi connectivity index (χ2v) is 7.51. The van der Waals surface area contributed by atoms with Crippen molar-refractivity contribution in [1.29, 1.82) is 0 Å². The molecule has 0 unspecified atom stereocenters. The average molecular weight is 403 g/mol. The summed E-state index contributed by atoms with van der Waals surface area (Å²) in [5, 5.41) is 5.70. The van der Waals surface area contributed by atoms with E-state index in [4.69, 9.17) is 0 Å². The van der Waals surface area contributed by atoms with E-state index in [1.807, 2.05) is 49.3 Å². The maximum atomic E-state index is 13.8. The summed E-state index contributed by atoms with van der Waals surface area (Å²) in [6.07, 6.45) is 1.72. The summed E-state index contributed by atoms with van der Waals surface area (Å²) < 4.78 is 13.8. The van der Waals surface area contributed by atoms with Crippen molar-refractivity contribution in [2.45, 2.75) is 0 Å². The summed E-state index contributed by atoms with van der Waals surface area (Å²) >= 11 is 0. The molecule has 0 spiro atoms. The molecule has 5 nitrogen and oxygen atoms in total. The number of carbonyl (C=O) groups is 2. The molecule has 30 heavy (non-hydrogen) atoms. The van der Waals surface area contributed by atoms with Crippen LogP contribution in [0.4, 0.5) is 10.1 Å². The second kappa shape index (κ2) is 8.08. The number of fused-ring (bicyclic) bond motifs is 2. The Bertz CT molecular complexity index is 1140. The summed E-state index contributed by atoms with van der Waals surface area (Å²) in [6.45, 7) is 1.26. The van der Waals surface area contributed by atoms with Crippen molar-refractivity contribution in [2.24, 2.45) is 0 Å². The van der Waals surface area contributed by atoms with Gasteiger partial charge < -0.3 is 15.5 Å². The van der Waals surface area contributed by atoms with Crippen molar-refractivity contribution in [3.8, 4) is 11.1 Å². The molecular weight excluding hydrogens is 381 g/mol. The van der Waals surface area contributed by atoms with E-state index in [2.05, 4.69) is 10.6 Å². The SMILES string of the molecule is CN(C)CCNC(=O)c1cc(/C=C2/C(=O)Nc3ccc(F)cc32)c2cccccc1-2. The van der Waals surface area contributed by atoms with Crippen molar-refractivity contribution in [3.05, 3.63) is 77.1 Å². The van der Waals surface area contributed by atoms with Gasteiger partial charge in [-0.3, -0.25) is 9.59 Å². The third kappa shape index (κ3) is 3.82. The molecular formula is C24H22FN3O2. The van der Waals surface area contributed by atoms with E-state index in [9.17, 15) is 14.0 Å². The molecule has 1 aromatic rings. The Morgan fingerprint density at radius 2 is 1.83 bits per heavy atom. The second-order valence-electron chi connectivity index (χ2n) is 7.51. The molecule has 0 bridgehead atoms. The molecule has 1 heterocycles. The van der Waals surface area contributed by atoms with E-state index in [1.54, 1.807) is 18.2 Å². The van der Waals surface area contributed by atoms with Gasteiger partial charge in [0.25, 0.3) is 11.8 Å². The zero-order valence-corrected chi connectivity index (χ0v) is 16.8. The van der Waals surface area contributed by atoms with Gasteiger partial charge in [0.2, 0.25) is 0 Å². The largest absolute Gasteiger partial charge is 0.351 e. The van der Waals surface area contributed by atoms with Crippen LogP contribution in [-0.2, 0) is 4.79 Å². The maximum Gasteiger partial charge on any atom is 0.256 e. The highest BCUT2D eigenvalue weighted by molar-refractivity contribution is 6.35. The van der Waals surface area contributed by atoms with Crippen LogP contribution in [-0.4, -0.2) is 43.9 Å². The molecule has 0 saturated heterocycles. The average Bonchev–Trinajstić information content (AvgIpc) is 3.07. The number of likely N-dealkylation sites (N-methyl/N-ethyl adjacent to an activating group) is 1. The van der Waals surface area contributed by atoms with Gasteiger partial charge in [0.05, 0.1) is 0 Å². The topological polar surface area (TPSA) is 61.4 Å². The summed E-state index contributed by atoms with van der Waals surface area (Å²) in [5.74, 6) is -0.863. The standard InChI is InChI=1S/C24H22FN3O2/c1-28(2)11-10-26-23(29)20-12-15(17-6-4-3-5-7-18(17)20)13-21-19-14-16(25)8-9-22(19)27-24(21)30/h3-9,12-14H,10-11H2,1-2H3,(H,26,29)(H,27,30)/b21-13+. The van der Waals surface area contributed by atoms with Crippen LogP contribution in [0.15, 0.2) is 54.6 Å². The van der Waals surface area contributed by atoms with Gasteiger partial charge in [0.15, 0.2) is 0 Å². The molecule has 152 valence electrons. The van der Waals surface area contributed by atoms with E-state index >= 15 is 0 Å². The Labute approximate surface area is 174 Å². The molecule has 1 aromatic carbocycles. The van der Waals surface area contributed by atoms with E-state index in [0.29, 0.717) is 28.9 Å². The normalized spacial score (nSPS) is 14.3. The number of carbonyl (C=O) groups excluding carboxylic acids is 2. The van der Waals surface area contributed by atoms with Crippen molar-refractivity contribution in [2.75, 3.05) is 32.5 Å². The predicted molar refractivity (Wildman–Crippen MR) is 117 cm³/mol. The number of benzene rings is 1. The molecule has 0 aromatic heterocycles. The van der Waals surface area contributed by atoms with E-state index in [1.165, 1.54) is 12.1 Å². The van der Waals surface area contributed by atoms with Crippen LogP contribution in [0.3, 0.4) is 0 Å². The fourth-order valence-corrected chi connectivity index (χ4v) is 3.60. The Hall–Kier alpha value is -3.51. The van der Waals surface area contributed by atoms with Crippen LogP contribution in [0.25, 0.3) is 22.8 Å². The number of hydrogen-bond acceptors (Lipinski definition) is 3. The van der Waals surface area contributed by atoms with Crippen molar-refractivity contribution >= 4 is 29.2 Å². The fraction of sp³-hybridized carbons (Fsp3) is 0.167. The Balaban J connectivity index is 1.76. The summed E-state index contributed by atoms with van der Waals surface area (Å²) in [4.78, 5) is 27.3. The number of nitrogens with one attached hydrogen (secondary N) is 2. The molecule has 0 saturated carbocycles. The van der Waals surface area contributed by atoms with Crippen LogP contribution in [0.2, 0.25) is 0 Å². The van der Waals surface area contributed by atoms with Crippen molar-refractivity contribution in [3.63, 3.8) is 0 Å². The number of anilines is 1. The molecule has 0 radical (unpaired) electrons. The predicted octanol–water partition coefficient (Wildman–Crippen LogP) is 3.71. The van der Waals surface area contributed by atoms with Gasteiger partial charge in [0, 0.05) is 35.5 Å². The lowest BCUT2D eigenvalue weighted by atomic mass is 10.0. The molecule has 4 rings (SSSR count). The van der Waals surface area contributed by atoms with E-state index < -0.39 is 5.82 Å². The number of amides is 2. The summed E-state index contributed by atoms with van der Waals surface area (Å²) in [7, 11) is 3.89. The van der Waals surface area contributed by atoms with Gasteiger partial charge in [-0.25, -0.2) is 4.39 Å². The first-order valence-corrected chi connectivity index (χ1v) is 9.71. The molecule has 0 fully saturated rings. The van der Waals surface area contributed by atoms with Gasteiger partial charge in [-0.2, -0.15) is 0 Å². The van der Waals surface area contributed by atoms with Gasteiger partial charge in [-0.05, 0) is 61.1 Å². The molecule has 2 aliphatic carbocycles. The first kappa shape index (κ1) is 19.8. The quantitative estimate of drug-likeness (QED) is 0.639. The lowest BCUT2D eigenvalue weighted by Crippen LogP contribution is -2.31. The first-order chi connectivity index (χ1) is 14.4. The highest BCUT2D eigenvalue weighted by Crippen LogP contribution is 2.38. The van der Waals surface area contributed by atoms with Crippen molar-refractivity contribution < 1.29 is 14.0 Å². The third-order valence-corrected chi connectivity index (χ3v) is 5.09. The van der Waals surface area contributed by atoms with Crippen LogP contribution < -0.4 is 10.6 Å². The minimum absolute atomic E-state index is 0.167. The number of halogens is 1. The van der Waals surface area contributed by atoms with Crippen LogP contribution in [0, 0.1) is 5.82 Å². The maximum absolute atomic E-state index is 13.8. The molecule has 3 aliphatic rings. The summed E-state index contributed by atoms with van der Waals surface area (Å²) in [6, 6.07) is 15.5. The lowest BCUT2D eigenvalue weighted by molar-refractivity contribution is -0.110. The monoisotopic (exact) mass is 403 g/mol. The molecule has 1 aliphatic heterocycles. The summed E-state index contributed by atoms with van der Waals surface area (Å²) in [5.41, 5.74) is 4.41. The van der Waals surface area contributed by atoms with E-state index in [-0.39, 0.29) is 11.8 Å². The number of rotatable bonds is 5. The zero-order valence-electron chi connectivity index (χ0n) is 16.8. The van der Waals surface area contributed by atoms with Gasteiger partial charge in [-0.1, -0.05) is 30.3 Å². The third-order valence-electron chi connectivity index (χ3n) is 5.09. The van der Waals surface area contributed by atoms with Gasteiger partial charge >= 0.3 is 0 Å². The smallest absolute Gasteiger partial charge is 0.256 e. The first-order valence-electron chi connectivity index (χ1n) is 9.71. The minimum Gasteiger partial charge on any atom is -0.351 e. The lowest BCUT2D eigenvalue weighted by Gasteiger charge is -2.10. The molecule has 2 amide bonds. The van der Waals surface area contributed by atoms with Crippen LogP contribution >= 0.6 is 0 Å². The highest BCUT2D eigenvalue weighted by atomic mass is 19.1. The molecule has 2 N–H and O–H groups in total. The number of hydrogen-bond donors (Lipinski definition) is 2. The Morgan fingerprint density at radius 1 is 1.07 bits per heavy atom. The minimum atomic E-state index is -0.407. The van der Waals surface area contributed by atoms with Gasteiger partial charge in [-0.15, -0.1) is 0 Å². The molecule has 6 heteroatoms. The highest BCUT2D eigenvalue weighted by Gasteiger charge is 2.26. The van der Waals surface area contributed by atoms with Gasteiger partial charge in [0.1, 0.15) is 5.82 Å².